The van der Waals surface area contributed by atoms with Crippen molar-refractivity contribution in [2.45, 2.75) is 62.9 Å². The van der Waals surface area contributed by atoms with E-state index in [-0.39, 0.29) is 5.75 Å². The van der Waals surface area contributed by atoms with Crippen molar-refractivity contribution in [3.63, 3.8) is 0 Å². The number of nitrogens with two attached hydrogens (primary N) is 1. The van der Waals surface area contributed by atoms with Crippen molar-refractivity contribution in [3.05, 3.63) is 0 Å². The number of hydrogen-bond donors (Lipinski definition) is 9. The van der Waals surface area contributed by atoms with Crippen molar-refractivity contribution in [1.29, 1.82) is 0 Å². The predicted molar refractivity (Wildman–Crippen MR) is 111 cm³/mol. The number of rotatable bonds is 15. The average Bonchev–Trinajstić information content (AvgIpc) is 2.70. The third kappa shape index (κ3) is 10.9. The molecule has 0 aromatic rings. The second kappa shape index (κ2) is 14.2. The zero-order valence-electron chi connectivity index (χ0n) is 17.2. The van der Waals surface area contributed by atoms with Crippen LogP contribution in [0.1, 0.15) is 32.6 Å². The Labute approximate surface area is 188 Å². The fraction of sp³-hybridized carbons (Fsp3) is 0.647. The average molecular weight is 480 g/mol. The Morgan fingerprint density at radius 3 is 1.69 bits per heavy atom. The second-order valence-electron chi connectivity index (χ2n) is 6.84. The first-order valence-corrected chi connectivity index (χ1v) is 10.0. The summed E-state index contributed by atoms with van der Waals surface area (Å²) in [4.78, 5) is 69.8. The van der Waals surface area contributed by atoms with E-state index < -0.39 is 91.6 Å². The van der Waals surface area contributed by atoms with Gasteiger partial charge in [-0.15, -0.1) is 0 Å². The van der Waals surface area contributed by atoms with Gasteiger partial charge in [0, 0.05) is 18.6 Å². The van der Waals surface area contributed by atoms with E-state index in [1.54, 1.807) is 0 Å². The topological polar surface area (TPSA) is 245 Å². The summed E-state index contributed by atoms with van der Waals surface area (Å²) < 4.78 is 0. The summed E-state index contributed by atoms with van der Waals surface area (Å²) in [7, 11) is 0. The molecule has 9 N–H and O–H groups in total. The molecule has 15 heteroatoms. The summed E-state index contributed by atoms with van der Waals surface area (Å²) in [6.45, 7) is 1.18. The van der Waals surface area contributed by atoms with E-state index in [2.05, 4.69) is 23.3 Å². The van der Waals surface area contributed by atoms with E-state index in [1.807, 2.05) is 5.32 Å². The summed E-state index contributed by atoms with van der Waals surface area (Å²) >= 11 is 3.85. The molecule has 14 nitrogen and oxygen atoms in total. The van der Waals surface area contributed by atoms with E-state index in [0.29, 0.717) is 0 Å². The number of carbonyl (C=O) groups excluding carboxylic acids is 3. The van der Waals surface area contributed by atoms with Crippen molar-refractivity contribution < 1.29 is 49.2 Å². The van der Waals surface area contributed by atoms with Gasteiger partial charge < -0.3 is 42.1 Å². The number of amides is 3. The van der Waals surface area contributed by atoms with Crippen LogP contribution in [0.15, 0.2) is 0 Å². The largest absolute Gasteiger partial charge is 0.481 e. The van der Waals surface area contributed by atoms with Gasteiger partial charge in [-0.25, -0.2) is 4.79 Å². The number of carboxylic acid groups (broad SMARTS) is 3. The minimum absolute atomic E-state index is 0.0590. The van der Waals surface area contributed by atoms with Gasteiger partial charge in [0.1, 0.15) is 18.1 Å². The van der Waals surface area contributed by atoms with Crippen LogP contribution in [-0.2, 0) is 28.8 Å². The molecule has 0 fully saturated rings. The Balaban J connectivity index is 5.48. The molecule has 0 saturated carbocycles. The van der Waals surface area contributed by atoms with E-state index in [0.717, 1.165) is 0 Å². The van der Waals surface area contributed by atoms with Crippen LogP contribution in [0.2, 0.25) is 0 Å². The fourth-order valence-corrected chi connectivity index (χ4v) is 2.51. The van der Waals surface area contributed by atoms with Gasteiger partial charge in [-0.05, 0) is 19.8 Å². The molecule has 0 aliphatic carbocycles. The molecule has 32 heavy (non-hydrogen) atoms. The first-order valence-electron chi connectivity index (χ1n) is 9.42. The van der Waals surface area contributed by atoms with Gasteiger partial charge in [-0.3, -0.25) is 24.0 Å². The molecular formula is C17H28N4O10S. The number of aliphatic hydroxyl groups is 1. The Hall–Kier alpha value is -2.91. The minimum Gasteiger partial charge on any atom is -0.481 e. The molecule has 182 valence electrons. The molecule has 0 aliphatic rings. The van der Waals surface area contributed by atoms with Crippen molar-refractivity contribution in [2.75, 3.05) is 5.75 Å². The van der Waals surface area contributed by atoms with Crippen LogP contribution in [0, 0.1) is 0 Å². The zero-order chi connectivity index (χ0) is 25.0. The summed E-state index contributed by atoms with van der Waals surface area (Å²) in [6, 6.07) is -5.81. The smallest absolute Gasteiger partial charge is 0.326 e. The molecule has 0 aliphatic heterocycles. The Bertz CT molecular complexity index is 717. The molecule has 0 saturated heterocycles. The van der Waals surface area contributed by atoms with Crippen LogP contribution < -0.4 is 21.7 Å². The third-order valence-corrected chi connectivity index (χ3v) is 4.53. The molecule has 3 amide bonds. The van der Waals surface area contributed by atoms with Crippen LogP contribution in [0.5, 0.6) is 0 Å². The highest BCUT2D eigenvalue weighted by Gasteiger charge is 2.32. The zero-order valence-corrected chi connectivity index (χ0v) is 18.1. The van der Waals surface area contributed by atoms with Crippen LogP contribution in [0.4, 0.5) is 0 Å². The minimum atomic E-state index is -1.61. The molecule has 5 unspecified atom stereocenters. The first-order chi connectivity index (χ1) is 14.8. The van der Waals surface area contributed by atoms with Gasteiger partial charge in [-0.1, -0.05) is 0 Å². The van der Waals surface area contributed by atoms with Crippen LogP contribution in [-0.4, -0.2) is 92.1 Å². The van der Waals surface area contributed by atoms with Crippen molar-refractivity contribution in [1.82, 2.24) is 16.0 Å². The van der Waals surface area contributed by atoms with E-state index in [4.69, 9.17) is 21.1 Å². The third-order valence-electron chi connectivity index (χ3n) is 4.14. The molecule has 0 aromatic heterocycles. The van der Waals surface area contributed by atoms with Gasteiger partial charge in [0.15, 0.2) is 0 Å². The van der Waals surface area contributed by atoms with Gasteiger partial charge in [-0.2, -0.15) is 12.6 Å². The predicted octanol–water partition coefficient (Wildman–Crippen LogP) is -3.11. The number of nitrogens with one attached hydrogen (secondary N) is 3. The molecule has 0 radical (unpaired) electrons. The number of thiol groups is 1. The van der Waals surface area contributed by atoms with Gasteiger partial charge in [0.05, 0.1) is 12.1 Å². The summed E-state index contributed by atoms with van der Waals surface area (Å²) in [5, 5.41) is 43.0. The lowest BCUT2D eigenvalue weighted by Crippen LogP contribution is -2.60. The number of carbonyl (C=O) groups is 6. The van der Waals surface area contributed by atoms with Crippen LogP contribution >= 0.6 is 12.6 Å². The number of carboxylic acids is 3. The lowest BCUT2D eigenvalue weighted by molar-refractivity contribution is -0.144. The molecular weight excluding hydrogens is 452 g/mol. The SMILES string of the molecule is CC(O)C(NC(=O)C(N)CS)C(=O)NC(CCC(=O)O)C(=O)NC(CCC(=O)O)C(=O)O. The fourth-order valence-electron chi connectivity index (χ4n) is 2.34. The highest BCUT2D eigenvalue weighted by Crippen LogP contribution is 2.05. The maximum absolute atomic E-state index is 12.6. The maximum Gasteiger partial charge on any atom is 0.326 e. The summed E-state index contributed by atoms with van der Waals surface area (Å²) in [5.74, 6) is -7.14. The monoisotopic (exact) mass is 480 g/mol. The van der Waals surface area contributed by atoms with Crippen LogP contribution in [0.3, 0.4) is 0 Å². The molecule has 5 atom stereocenters. The van der Waals surface area contributed by atoms with E-state index >= 15 is 0 Å². The van der Waals surface area contributed by atoms with Gasteiger partial charge in [0.25, 0.3) is 0 Å². The lowest BCUT2D eigenvalue weighted by atomic mass is 10.1. The van der Waals surface area contributed by atoms with Gasteiger partial charge >= 0.3 is 17.9 Å². The maximum atomic E-state index is 12.6. The Kier molecular flexibility index (Phi) is 12.9. The Morgan fingerprint density at radius 2 is 1.28 bits per heavy atom. The second-order valence-corrected chi connectivity index (χ2v) is 7.21. The molecule has 0 heterocycles. The highest BCUT2D eigenvalue weighted by molar-refractivity contribution is 7.80. The van der Waals surface area contributed by atoms with Crippen molar-refractivity contribution in [3.8, 4) is 0 Å². The number of aliphatic carboxylic acids is 3. The molecule has 0 spiro atoms. The number of hydrogen-bond acceptors (Lipinski definition) is 9. The highest BCUT2D eigenvalue weighted by atomic mass is 32.1. The quantitative estimate of drug-likeness (QED) is 0.106. The van der Waals surface area contributed by atoms with Crippen molar-refractivity contribution >= 4 is 48.3 Å². The molecule has 0 aromatic carbocycles. The molecule has 0 rings (SSSR count). The molecule has 0 bridgehead atoms. The first kappa shape index (κ1) is 29.1. The van der Waals surface area contributed by atoms with Crippen molar-refractivity contribution in [2.24, 2.45) is 5.73 Å². The normalized spacial score (nSPS) is 15.4. The summed E-state index contributed by atoms with van der Waals surface area (Å²) in [5.41, 5.74) is 5.50. The van der Waals surface area contributed by atoms with E-state index in [9.17, 15) is 33.9 Å². The Morgan fingerprint density at radius 1 is 0.812 bits per heavy atom. The standard InChI is InChI=1S/C17H28N4O10S/c1-7(22)13(21-14(27)8(18)6-32)16(29)19-9(2-4-11(23)24)15(28)20-10(17(30)31)3-5-12(25)26/h7-10,13,22,32H,2-6,18H2,1H3,(H,19,29)(H,20,28)(H,21,27)(H,23,24)(H,25,26)(H,30,31). The lowest BCUT2D eigenvalue weighted by Gasteiger charge is -2.26. The van der Waals surface area contributed by atoms with E-state index in [1.165, 1.54) is 6.92 Å². The summed E-state index contributed by atoms with van der Waals surface area (Å²) in [6.07, 6.45) is -3.48. The number of aliphatic hydroxyl groups excluding tert-OH is 1. The van der Waals surface area contributed by atoms with Gasteiger partial charge in [0.2, 0.25) is 17.7 Å². The van der Waals surface area contributed by atoms with Crippen LogP contribution in [0.25, 0.3) is 0 Å².